The van der Waals surface area contributed by atoms with Crippen LogP contribution < -0.4 is 10.1 Å². The molecule has 1 N–H and O–H groups in total. The number of aromatic nitrogens is 1. The molecule has 0 radical (unpaired) electrons. The van der Waals surface area contributed by atoms with Crippen molar-refractivity contribution in [1.29, 1.82) is 0 Å². The molecule has 0 unspecified atom stereocenters. The van der Waals surface area contributed by atoms with Gasteiger partial charge in [-0.15, -0.1) is 0 Å². The molecule has 1 heterocycles. The average Bonchev–Trinajstić information content (AvgIpc) is 2.45. The molecule has 0 fully saturated rings. The lowest BCUT2D eigenvalue weighted by Crippen LogP contribution is -2.12. The fraction of sp³-hybridized carbons (Fsp3) is 0.267. The zero-order chi connectivity index (χ0) is 12.8. The maximum atomic E-state index is 5.17. The third-order valence-corrected chi connectivity index (χ3v) is 2.84. The lowest BCUT2D eigenvalue weighted by molar-refractivity contribution is 0.398. The van der Waals surface area contributed by atoms with Crippen LogP contribution in [0.2, 0.25) is 0 Å². The fourth-order valence-corrected chi connectivity index (χ4v) is 1.90. The molecule has 0 aliphatic rings. The number of hydrogen-bond acceptors (Lipinski definition) is 3. The Morgan fingerprint density at radius 2 is 2.06 bits per heavy atom. The molecule has 0 spiro atoms. The number of hydrogen-bond donors (Lipinski definition) is 1. The molecular weight excluding hydrogens is 224 g/mol. The van der Waals surface area contributed by atoms with Crippen LogP contribution in [0.15, 0.2) is 42.6 Å². The summed E-state index contributed by atoms with van der Waals surface area (Å²) in [5, 5.41) is 3.36. The molecule has 2 rings (SSSR count). The van der Waals surface area contributed by atoms with E-state index in [-0.39, 0.29) is 0 Å². The standard InChI is InChI=1S/C15H18N2O/c1-3-16-11-13-6-4-5-7-14(13)12-8-9-17-15(10-12)18-2/h4-10,16H,3,11H2,1-2H3. The van der Waals surface area contributed by atoms with Gasteiger partial charge in [0.25, 0.3) is 0 Å². The van der Waals surface area contributed by atoms with Gasteiger partial charge in [0.15, 0.2) is 0 Å². The summed E-state index contributed by atoms with van der Waals surface area (Å²) in [5.74, 6) is 0.644. The van der Waals surface area contributed by atoms with Crippen molar-refractivity contribution in [1.82, 2.24) is 10.3 Å². The minimum atomic E-state index is 0.644. The summed E-state index contributed by atoms with van der Waals surface area (Å²) in [4.78, 5) is 4.14. The molecule has 0 aliphatic heterocycles. The van der Waals surface area contributed by atoms with Gasteiger partial charge in [0.2, 0.25) is 5.88 Å². The number of methoxy groups -OCH3 is 1. The first-order chi connectivity index (χ1) is 8.85. The quantitative estimate of drug-likeness (QED) is 0.875. The number of nitrogens with one attached hydrogen (secondary N) is 1. The normalized spacial score (nSPS) is 10.3. The lowest BCUT2D eigenvalue weighted by Gasteiger charge is -2.10. The Hall–Kier alpha value is -1.87. The topological polar surface area (TPSA) is 34.2 Å². The Morgan fingerprint density at radius 1 is 1.22 bits per heavy atom. The van der Waals surface area contributed by atoms with Gasteiger partial charge in [-0.05, 0) is 29.3 Å². The van der Waals surface area contributed by atoms with Crippen molar-refractivity contribution in [2.45, 2.75) is 13.5 Å². The van der Waals surface area contributed by atoms with Gasteiger partial charge in [-0.3, -0.25) is 0 Å². The van der Waals surface area contributed by atoms with Gasteiger partial charge in [-0.25, -0.2) is 4.98 Å². The second kappa shape index (κ2) is 6.17. The second-order valence-corrected chi connectivity index (χ2v) is 4.02. The Balaban J connectivity index is 2.36. The van der Waals surface area contributed by atoms with E-state index in [0.29, 0.717) is 5.88 Å². The van der Waals surface area contributed by atoms with Crippen molar-refractivity contribution in [2.75, 3.05) is 13.7 Å². The first-order valence-electron chi connectivity index (χ1n) is 6.14. The zero-order valence-corrected chi connectivity index (χ0v) is 10.8. The highest BCUT2D eigenvalue weighted by Crippen LogP contribution is 2.25. The summed E-state index contributed by atoms with van der Waals surface area (Å²) < 4.78 is 5.17. The SMILES string of the molecule is CCNCc1ccccc1-c1ccnc(OC)c1. The van der Waals surface area contributed by atoms with Crippen molar-refractivity contribution in [3.05, 3.63) is 48.2 Å². The monoisotopic (exact) mass is 242 g/mol. The van der Waals surface area contributed by atoms with Gasteiger partial charge in [0.05, 0.1) is 7.11 Å². The summed E-state index contributed by atoms with van der Waals surface area (Å²) in [6.07, 6.45) is 1.78. The van der Waals surface area contributed by atoms with E-state index in [1.807, 2.05) is 12.1 Å². The molecule has 1 aromatic carbocycles. The van der Waals surface area contributed by atoms with Crippen LogP contribution in [0.4, 0.5) is 0 Å². The molecule has 3 nitrogen and oxygen atoms in total. The van der Waals surface area contributed by atoms with E-state index in [1.54, 1.807) is 13.3 Å². The maximum absolute atomic E-state index is 5.17. The average molecular weight is 242 g/mol. The lowest BCUT2D eigenvalue weighted by atomic mass is 10.0. The van der Waals surface area contributed by atoms with Crippen molar-refractivity contribution in [2.24, 2.45) is 0 Å². The van der Waals surface area contributed by atoms with Crippen LogP contribution >= 0.6 is 0 Å². The summed E-state index contributed by atoms with van der Waals surface area (Å²) in [7, 11) is 1.64. The molecule has 0 bridgehead atoms. The van der Waals surface area contributed by atoms with Crippen LogP contribution in [0.25, 0.3) is 11.1 Å². The minimum Gasteiger partial charge on any atom is -0.481 e. The largest absolute Gasteiger partial charge is 0.481 e. The Labute approximate surface area is 108 Å². The van der Waals surface area contributed by atoms with E-state index < -0.39 is 0 Å². The van der Waals surface area contributed by atoms with E-state index in [9.17, 15) is 0 Å². The van der Waals surface area contributed by atoms with Crippen LogP contribution in [-0.2, 0) is 6.54 Å². The predicted octanol–water partition coefficient (Wildman–Crippen LogP) is 2.87. The van der Waals surface area contributed by atoms with E-state index in [2.05, 4.69) is 41.5 Å². The number of benzene rings is 1. The third-order valence-electron chi connectivity index (χ3n) is 2.84. The highest BCUT2D eigenvalue weighted by atomic mass is 16.5. The van der Waals surface area contributed by atoms with Crippen LogP contribution in [0, 0.1) is 0 Å². The summed E-state index contributed by atoms with van der Waals surface area (Å²) in [6, 6.07) is 12.4. The highest BCUT2D eigenvalue weighted by molar-refractivity contribution is 5.67. The van der Waals surface area contributed by atoms with E-state index in [4.69, 9.17) is 4.74 Å². The first-order valence-corrected chi connectivity index (χ1v) is 6.14. The molecule has 2 aromatic rings. The number of nitrogens with zero attached hydrogens (tertiary/aromatic N) is 1. The molecular formula is C15H18N2O. The molecule has 0 saturated carbocycles. The van der Waals surface area contributed by atoms with Crippen LogP contribution in [-0.4, -0.2) is 18.6 Å². The highest BCUT2D eigenvalue weighted by Gasteiger charge is 2.05. The number of pyridine rings is 1. The number of rotatable bonds is 5. The minimum absolute atomic E-state index is 0.644. The summed E-state index contributed by atoms with van der Waals surface area (Å²) >= 11 is 0. The van der Waals surface area contributed by atoms with Crippen molar-refractivity contribution in [3.63, 3.8) is 0 Å². The van der Waals surface area contributed by atoms with E-state index in [0.717, 1.165) is 18.7 Å². The second-order valence-electron chi connectivity index (χ2n) is 4.02. The molecule has 3 heteroatoms. The molecule has 94 valence electrons. The van der Waals surface area contributed by atoms with Gasteiger partial charge in [0, 0.05) is 18.8 Å². The predicted molar refractivity (Wildman–Crippen MR) is 73.6 cm³/mol. The van der Waals surface area contributed by atoms with Gasteiger partial charge in [0.1, 0.15) is 0 Å². The zero-order valence-electron chi connectivity index (χ0n) is 10.8. The third kappa shape index (κ3) is 2.87. The summed E-state index contributed by atoms with van der Waals surface area (Å²) in [6.45, 7) is 3.95. The first kappa shape index (κ1) is 12.6. The Bertz CT molecular complexity index is 511. The van der Waals surface area contributed by atoms with Gasteiger partial charge < -0.3 is 10.1 Å². The molecule has 0 aliphatic carbocycles. The van der Waals surface area contributed by atoms with E-state index in [1.165, 1.54) is 11.1 Å². The van der Waals surface area contributed by atoms with Gasteiger partial charge >= 0.3 is 0 Å². The molecule has 1 aromatic heterocycles. The van der Waals surface area contributed by atoms with Crippen molar-refractivity contribution < 1.29 is 4.74 Å². The van der Waals surface area contributed by atoms with Gasteiger partial charge in [-0.2, -0.15) is 0 Å². The van der Waals surface area contributed by atoms with Crippen molar-refractivity contribution >= 4 is 0 Å². The molecule has 0 saturated heterocycles. The van der Waals surface area contributed by atoms with Crippen molar-refractivity contribution in [3.8, 4) is 17.0 Å². The number of ether oxygens (including phenoxy) is 1. The maximum Gasteiger partial charge on any atom is 0.213 e. The fourth-order valence-electron chi connectivity index (χ4n) is 1.90. The van der Waals surface area contributed by atoms with Crippen LogP contribution in [0.3, 0.4) is 0 Å². The molecule has 18 heavy (non-hydrogen) atoms. The van der Waals surface area contributed by atoms with E-state index >= 15 is 0 Å². The van der Waals surface area contributed by atoms with Crippen LogP contribution in [0.1, 0.15) is 12.5 Å². The van der Waals surface area contributed by atoms with Crippen LogP contribution in [0.5, 0.6) is 5.88 Å². The Morgan fingerprint density at radius 3 is 2.83 bits per heavy atom. The molecule has 0 atom stereocenters. The Kier molecular flexibility index (Phi) is 4.31. The summed E-state index contributed by atoms with van der Waals surface area (Å²) in [5.41, 5.74) is 3.64. The van der Waals surface area contributed by atoms with Gasteiger partial charge in [-0.1, -0.05) is 31.2 Å². The molecule has 0 amide bonds. The smallest absolute Gasteiger partial charge is 0.213 e.